The summed E-state index contributed by atoms with van der Waals surface area (Å²) in [7, 11) is -1.72. The van der Waals surface area contributed by atoms with Crippen molar-refractivity contribution in [3.63, 3.8) is 0 Å². The minimum Gasteiger partial charge on any atom is -0.494 e. The molecule has 0 spiro atoms. The van der Waals surface area contributed by atoms with Crippen molar-refractivity contribution in [2.45, 2.75) is 36.4 Å². The molecule has 0 radical (unpaired) electrons. The van der Waals surface area contributed by atoms with Gasteiger partial charge in [0.2, 0.25) is 11.8 Å². The summed E-state index contributed by atoms with van der Waals surface area (Å²) >= 11 is 0. The van der Waals surface area contributed by atoms with Crippen LogP contribution >= 0.6 is 0 Å². The van der Waals surface area contributed by atoms with Gasteiger partial charge >= 0.3 is 12.2 Å². The third kappa shape index (κ3) is 7.57. The van der Waals surface area contributed by atoms with Gasteiger partial charge in [-0.25, -0.2) is 26.8 Å². The van der Waals surface area contributed by atoms with Gasteiger partial charge in [0.1, 0.15) is 18.0 Å². The zero-order valence-electron chi connectivity index (χ0n) is 25.9. The van der Waals surface area contributed by atoms with E-state index in [1.54, 1.807) is 0 Å². The summed E-state index contributed by atoms with van der Waals surface area (Å²) in [4.78, 5) is 51.1. The normalized spacial score (nSPS) is 16.5. The van der Waals surface area contributed by atoms with E-state index in [4.69, 9.17) is 15.2 Å². The standard InChI is InChI=1S/C31H32F2N4O10S/c1-4-48(43,44)25-10-7-18(35-30(40)46-3)15-19(25)27-23(47-31(41)42)11-12-37(27)29(39)26(16-5-9-21(33)24(14-16)45-2)36-22-13-17(28(34)38)6-8-20(22)32/h5-10,13-15,23,26-27,36H,4,11-12H2,1-3H3,(H2,34,38)(H,35,40)(H,41,42)/t23-,26+,27-/m0/s1. The van der Waals surface area contributed by atoms with E-state index in [9.17, 15) is 37.1 Å². The molecule has 14 nitrogen and oxygen atoms in total. The SMILES string of the molecule is CCS(=O)(=O)c1ccc(NC(=O)OC)cc1[C@H]1[C@@H](OC(=O)O)CCN1C(=O)[C@H](Nc1cc(C(N)=O)ccc1F)c1ccc(F)c(OC)c1. The molecule has 1 heterocycles. The summed E-state index contributed by atoms with van der Waals surface area (Å²) in [6.45, 7) is 1.21. The van der Waals surface area contributed by atoms with Gasteiger partial charge in [-0.1, -0.05) is 13.0 Å². The Bertz CT molecular complexity index is 1860. The maximum atomic E-state index is 15.1. The van der Waals surface area contributed by atoms with E-state index in [1.807, 2.05) is 0 Å². The van der Waals surface area contributed by atoms with Gasteiger partial charge in [-0.05, 0) is 59.7 Å². The maximum absolute atomic E-state index is 15.1. The Morgan fingerprint density at radius 3 is 2.38 bits per heavy atom. The number of halogens is 2. The molecule has 3 atom stereocenters. The molecule has 17 heteroatoms. The number of nitrogens with one attached hydrogen (secondary N) is 2. The number of benzene rings is 3. The number of carbonyl (C=O) groups excluding carboxylic acids is 3. The minimum absolute atomic E-state index is 0.0589. The number of rotatable bonds is 11. The van der Waals surface area contributed by atoms with Crippen LogP contribution in [0.5, 0.6) is 5.75 Å². The molecule has 0 bridgehead atoms. The van der Waals surface area contributed by atoms with Gasteiger partial charge in [0.25, 0.3) is 0 Å². The highest BCUT2D eigenvalue weighted by Gasteiger charge is 2.45. The van der Waals surface area contributed by atoms with Gasteiger partial charge in [0.05, 0.1) is 36.6 Å². The van der Waals surface area contributed by atoms with Crippen LogP contribution in [0.2, 0.25) is 0 Å². The van der Waals surface area contributed by atoms with E-state index in [1.165, 1.54) is 44.4 Å². The summed E-state index contributed by atoms with van der Waals surface area (Å²) in [6, 6.07) is 7.39. The fourth-order valence-electron chi connectivity index (χ4n) is 5.35. The molecule has 256 valence electrons. The van der Waals surface area contributed by atoms with E-state index in [0.29, 0.717) is 0 Å². The van der Waals surface area contributed by atoms with Gasteiger partial charge in [-0.2, -0.15) is 0 Å². The van der Waals surface area contributed by atoms with Crippen LogP contribution in [0.1, 0.15) is 46.9 Å². The molecule has 1 aliphatic heterocycles. The molecule has 0 unspecified atom stereocenters. The van der Waals surface area contributed by atoms with Crippen LogP contribution in [-0.4, -0.2) is 75.1 Å². The molecule has 3 aromatic rings. The third-order valence-corrected chi connectivity index (χ3v) is 9.46. The lowest BCUT2D eigenvalue weighted by molar-refractivity contribution is -0.134. The number of anilines is 2. The predicted octanol–water partition coefficient (Wildman–Crippen LogP) is 4.23. The predicted molar refractivity (Wildman–Crippen MR) is 166 cm³/mol. The number of primary amides is 1. The van der Waals surface area contributed by atoms with Crippen molar-refractivity contribution in [1.29, 1.82) is 0 Å². The summed E-state index contributed by atoms with van der Waals surface area (Å²) in [6.07, 6.45) is -3.98. The highest BCUT2D eigenvalue weighted by molar-refractivity contribution is 7.91. The number of hydrogen-bond donors (Lipinski definition) is 4. The lowest BCUT2D eigenvalue weighted by atomic mass is 9.99. The summed E-state index contributed by atoms with van der Waals surface area (Å²) < 4.78 is 70.9. The van der Waals surface area contributed by atoms with E-state index in [2.05, 4.69) is 15.4 Å². The fourth-order valence-corrected chi connectivity index (χ4v) is 6.48. The minimum atomic E-state index is -4.02. The van der Waals surface area contributed by atoms with Crippen molar-refractivity contribution in [3.05, 3.63) is 82.9 Å². The van der Waals surface area contributed by atoms with Gasteiger partial charge < -0.3 is 35.3 Å². The second kappa shape index (κ2) is 14.5. The van der Waals surface area contributed by atoms with Gasteiger partial charge in [0.15, 0.2) is 21.4 Å². The molecular formula is C31H32F2N4O10S. The van der Waals surface area contributed by atoms with Crippen LogP contribution < -0.4 is 21.1 Å². The van der Waals surface area contributed by atoms with Crippen molar-refractivity contribution in [3.8, 4) is 5.75 Å². The molecule has 4 rings (SSSR count). The Balaban J connectivity index is 1.92. The number of sulfone groups is 1. The summed E-state index contributed by atoms with van der Waals surface area (Å²) in [5.41, 5.74) is 4.98. The average molecular weight is 691 g/mol. The molecular weight excluding hydrogens is 658 g/mol. The Morgan fingerprint density at radius 2 is 1.75 bits per heavy atom. The van der Waals surface area contributed by atoms with Gasteiger partial charge in [-0.3, -0.25) is 14.9 Å². The second-order valence-electron chi connectivity index (χ2n) is 10.5. The first-order valence-corrected chi connectivity index (χ1v) is 16.0. The molecule has 0 aromatic heterocycles. The zero-order chi connectivity index (χ0) is 35.3. The molecule has 5 N–H and O–H groups in total. The Labute approximate surface area is 273 Å². The van der Waals surface area contributed by atoms with E-state index in [0.717, 1.165) is 36.3 Å². The summed E-state index contributed by atoms with van der Waals surface area (Å²) in [5.74, 6) is -4.02. The smallest absolute Gasteiger partial charge is 0.494 e. The average Bonchev–Trinajstić information content (AvgIpc) is 3.46. The Morgan fingerprint density at radius 1 is 1.04 bits per heavy atom. The lowest BCUT2D eigenvalue weighted by Gasteiger charge is -2.33. The zero-order valence-corrected chi connectivity index (χ0v) is 26.7. The summed E-state index contributed by atoms with van der Waals surface area (Å²) in [5, 5.41) is 14.7. The van der Waals surface area contributed by atoms with Crippen molar-refractivity contribution in [2.75, 3.05) is 37.2 Å². The van der Waals surface area contributed by atoms with Crippen molar-refractivity contribution in [1.82, 2.24) is 4.90 Å². The number of amides is 3. The fraction of sp³-hybridized carbons (Fsp3) is 0.290. The molecule has 0 saturated carbocycles. The monoisotopic (exact) mass is 690 g/mol. The van der Waals surface area contributed by atoms with Gasteiger partial charge in [-0.15, -0.1) is 0 Å². The van der Waals surface area contributed by atoms with Crippen molar-refractivity contribution in [2.24, 2.45) is 5.73 Å². The maximum Gasteiger partial charge on any atom is 0.506 e. The number of ether oxygens (including phenoxy) is 3. The number of nitrogens with zero attached hydrogens (tertiary/aromatic N) is 1. The number of hydrogen-bond acceptors (Lipinski definition) is 10. The number of carboxylic acid groups (broad SMARTS) is 1. The first kappa shape index (κ1) is 35.4. The first-order valence-electron chi connectivity index (χ1n) is 14.3. The highest BCUT2D eigenvalue weighted by Crippen LogP contribution is 2.41. The number of methoxy groups -OCH3 is 2. The molecule has 1 fully saturated rings. The van der Waals surface area contributed by atoms with Crippen molar-refractivity contribution < 1.29 is 55.7 Å². The topological polar surface area (TPSA) is 204 Å². The largest absolute Gasteiger partial charge is 0.506 e. The van der Waals surface area contributed by atoms with Crippen LogP contribution in [0.4, 0.5) is 29.7 Å². The first-order chi connectivity index (χ1) is 22.7. The lowest BCUT2D eigenvalue weighted by Crippen LogP contribution is -2.40. The number of carbonyl (C=O) groups is 4. The quantitative estimate of drug-likeness (QED) is 0.210. The van der Waals surface area contributed by atoms with E-state index >= 15 is 4.39 Å². The third-order valence-electron chi connectivity index (χ3n) is 7.66. The van der Waals surface area contributed by atoms with E-state index < -0.39 is 63.7 Å². The Kier molecular flexibility index (Phi) is 10.7. The molecule has 1 aliphatic rings. The van der Waals surface area contributed by atoms with Crippen LogP contribution in [-0.2, 0) is 24.1 Å². The van der Waals surface area contributed by atoms with E-state index in [-0.39, 0.29) is 57.4 Å². The number of nitrogens with two attached hydrogens (primary N) is 1. The van der Waals surface area contributed by atoms with Crippen LogP contribution in [0, 0.1) is 11.6 Å². The molecule has 48 heavy (non-hydrogen) atoms. The van der Waals surface area contributed by atoms with Crippen molar-refractivity contribution >= 4 is 45.3 Å². The second-order valence-corrected chi connectivity index (χ2v) is 12.7. The van der Waals surface area contributed by atoms with Crippen LogP contribution in [0.15, 0.2) is 59.5 Å². The molecule has 3 aromatic carbocycles. The molecule has 0 aliphatic carbocycles. The van der Waals surface area contributed by atoms with Crippen LogP contribution in [0.25, 0.3) is 0 Å². The molecule has 3 amide bonds. The highest BCUT2D eigenvalue weighted by atomic mass is 32.2. The molecule has 1 saturated heterocycles. The Hall–Kier alpha value is -5.45. The number of likely N-dealkylation sites (tertiary alicyclic amines) is 1. The van der Waals surface area contributed by atoms with Crippen LogP contribution in [0.3, 0.4) is 0 Å². The van der Waals surface area contributed by atoms with Gasteiger partial charge in [0, 0.05) is 24.2 Å².